The number of nitrogens with zero attached hydrogens (tertiary/aromatic N) is 2. The molecule has 2 rings (SSSR count). The van der Waals surface area contributed by atoms with Crippen molar-refractivity contribution >= 4 is 30.3 Å². The number of carbonyl (C=O) groups excluding carboxylic acids is 2. The highest BCUT2D eigenvalue weighted by atomic mass is 32.1. The number of non-ortho nitro benzene ring substituents is 1. The van der Waals surface area contributed by atoms with Gasteiger partial charge in [0.25, 0.3) is 5.69 Å². The molecule has 1 aromatic carbocycles. The summed E-state index contributed by atoms with van der Waals surface area (Å²) >= 11 is 4.30. The number of aliphatic hydroxyl groups excluding tert-OH is 1. The van der Waals surface area contributed by atoms with E-state index in [9.17, 15) is 24.8 Å². The number of primary amides is 1. The van der Waals surface area contributed by atoms with Crippen molar-refractivity contribution < 1.29 is 24.4 Å². The first-order valence-electron chi connectivity index (χ1n) is 7.59. The molecule has 0 radical (unpaired) electrons. The van der Waals surface area contributed by atoms with Crippen molar-refractivity contribution in [2.75, 3.05) is 6.54 Å². The lowest BCUT2D eigenvalue weighted by Crippen LogP contribution is -2.42. The summed E-state index contributed by atoms with van der Waals surface area (Å²) in [6.07, 6.45) is -1.11. The predicted octanol–water partition coefficient (Wildman–Crippen LogP) is 0.840. The fourth-order valence-electron chi connectivity index (χ4n) is 2.70. The van der Waals surface area contributed by atoms with E-state index in [-0.39, 0.29) is 31.7 Å². The second kappa shape index (κ2) is 8.17. The Morgan fingerprint density at radius 1 is 1.44 bits per heavy atom. The monoisotopic (exact) mass is 369 g/mol. The van der Waals surface area contributed by atoms with E-state index in [4.69, 9.17) is 10.5 Å². The molecular weight excluding hydrogens is 350 g/mol. The van der Waals surface area contributed by atoms with E-state index in [0.717, 1.165) is 0 Å². The van der Waals surface area contributed by atoms with Gasteiger partial charge in [-0.05, 0) is 24.1 Å². The van der Waals surface area contributed by atoms with Crippen molar-refractivity contribution in [3.05, 3.63) is 39.9 Å². The van der Waals surface area contributed by atoms with Crippen molar-refractivity contribution in [3.8, 4) is 0 Å². The van der Waals surface area contributed by atoms with E-state index < -0.39 is 34.3 Å². The summed E-state index contributed by atoms with van der Waals surface area (Å²) in [4.78, 5) is 34.7. The maximum atomic E-state index is 12.3. The molecule has 1 saturated heterocycles. The molecule has 1 heterocycles. The van der Waals surface area contributed by atoms with Gasteiger partial charge in [0.05, 0.1) is 17.6 Å². The van der Waals surface area contributed by atoms with Gasteiger partial charge < -0.3 is 20.5 Å². The van der Waals surface area contributed by atoms with Crippen LogP contribution in [0.4, 0.5) is 10.5 Å². The third-order valence-corrected chi connectivity index (χ3v) is 4.45. The Balaban J connectivity index is 1.96. The van der Waals surface area contributed by atoms with Crippen molar-refractivity contribution in [1.29, 1.82) is 0 Å². The molecular formula is C15H19N3O6S. The average molecular weight is 369 g/mol. The summed E-state index contributed by atoms with van der Waals surface area (Å²) in [7, 11) is 0. The molecule has 0 bridgehead atoms. The van der Waals surface area contributed by atoms with Gasteiger partial charge in [-0.25, -0.2) is 4.79 Å². The first-order valence-corrected chi connectivity index (χ1v) is 8.10. The largest absolute Gasteiger partial charge is 0.445 e. The number of carbonyl (C=O) groups is 2. The highest BCUT2D eigenvalue weighted by Crippen LogP contribution is 2.26. The third-order valence-electron chi connectivity index (χ3n) is 3.92. The molecule has 1 unspecified atom stereocenters. The number of likely N-dealkylation sites (tertiary alicyclic amines) is 1. The van der Waals surface area contributed by atoms with Crippen LogP contribution in [0.2, 0.25) is 0 Å². The Labute approximate surface area is 149 Å². The quantitative estimate of drug-likeness (QED) is 0.386. The normalized spacial score (nSPS) is 21.0. The SMILES string of the molecule is NC(=O)CC(S)[C@@H]1C[C@@H](O)CN1C(=O)OCc1ccc([N+](=O)[O-])cc1. The topological polar surface area (TPSA) is 136 Å². The van der Waals surface area contributed by atoms with Crippen LogP contribution < -0.4 is 5.73 Å². The van der Waals surface area contributed by atoms with Crippen LogP contribution in [0.15, 0.2) is 24.3 Å². The Hall–Kier alpha value is -2.33. The van der Waals surface area contributed by atoms with E-state index in [1.807, 2.05) is 0 Å². The molecule has 10 heteroatoms. The number of aliphatic hydroxyl groups is 1. The molecule has 1 fully saturated rings. The zero-order valence-corrected chi connectivity index (χ0v) is 14.2. The summed E-state index contributed by atoms with van der Waals surface area (Å²) in [5.74, 6) is -0.541. The van der Waals surface area contributed by atoms with E-state index >= 15 is 0 Å². The number of nitro benzene ring substituents is 1. The first kappa shape index (κ1) is 19.0. The predicted molar refractivity (Wildman–Crippen MR) is 91.0 cm³/mol. The van der Waals surface area contributed by atoms with Gasteiger partial charge in [-0.15, -0.1) is 0 Å². The number of ether oxygens (including phenoxy) is 1. The molecule has 25 heavy (non-hydrogen) atoms. The third kappa shape index (κ3) is 5.07. The summed E-state index contributed by atoms with van der Waals surface area (Å²) in [5, 5.41) is 19.9. The lowest BCUT2D eigenvalue weighted by Gasteiger charge is -2.27. The second-order valence-corrected chi connectivity index (χ2v) is 6.49. The zero-order chi connectivity index (χ0) is 18.6. The van der Waals surface area contributed by atoms with Gasteiger partial charge in [-0.3, -0.25) is 14.9 Å². The highest BCUT2D eigenvalue weighted by molar-refractivity contribution is 7.81. The minimum absolute atomic E-state index is 0.0212. The highest BCUT2D eigenvalue weighted by Gasteiger charge is 2.39. The van der Waals surface area contributed by atoms with E-state index in [1.165, 1.54) is 29.2 Å². The first-order chi connectivity index (χ1) is 11.8. The number of β-amino-alcohol motifs (C(OH)–C–C–N with tert-alkyl or cyclic N) is 1. The molecule has 1 aliphatic rings. The number of nitro groups is 1. The number of benzene rings is 1. The van der Waals surface area contributed by atoms with Crippen molar-refractivity contribution in [2.45, 2.75) is 36.8 Å². The van der Waals surface area contributed by atoms with Crippen molar-refractivity contribution in [1.82, 2.24) is 4.90 Å². The molecule has 2 amide bonds. The van der Waals surface area contributed by atoms with Gasteiger partial charge in [0.15, 0.2) is 0 Å². The van der Waals surface area contributed by atoms with Gasteiger partial charge in [0.1, 0.15) is 6.61 Å². The number of nitrogens with two attached hydrogens (primary N) is 1. The van der Waals surface area contributed by atoms with Crippen LogP contribution in [0.1, 0.15) is 18.4 Å². The van der Waals surface area contributed by atoms with Crippen LogP contribution in [-0.4, -0.2) is 50.9 Å². The fraction of sp³-hybridized carbons (Fsp3) is 0.467. The molecule has 0 aromatic heterocycles. The standard InChI is InChI=1S/C15H19N3O6S/c16-14(20)6-13(25)12-5-11(19)7-17(12)15(21)24-8-9-1-3-10(4-2-9)18(22)23/h1-4,11-13,19,25H,5-8H2,(H2,16,20)/t11-,12+,13?/m1/s1. The summed E-state index contributed by atoms with van der Waals surface area (Å²) in [6.45, 7) is 0.0167. The Morgan fingerprint density at radius 2 is 2.08 bits per heavy atom. The van der Waals surface area contributed by atoms with Crippen LogP contribution in [0.5, 0.6) is 0 Å². The van der Waals surface area contributed by atoms with E-state index in [1.54, 1.807) is 0 Å². The Morgan fingerprint density at radius 3 is 2.64 bits per heavy atom. The smallest absolute Gasteiger partial charge is 0.410 e. The van der Waals surface area contributed by atoms with Crippen molar-refractivity contribution in [2.24, 2.45) is 5.73 Å². The van der Waals surface area contributed by atoms with Gasteiger partial charge in [-0.2, -0.15) is 12.6 Å². The lowest BCUT2D eigenvalue weighted by molar-refractivity contribution is -0.384. The average Bonchev–Trinajstić information content (AvgIpc) is 2.94. The molecule has 3 N–H and O–H groups in total. The minimum Gasteiger partial charge on any atom is -0.445 e. The minimum atomic E-state index is -0.723. The van der Waals surface area contributed by atoms with Crippen LogP contribution in [0.3, 0.4) is 0 Å². The molecule has 0 spiro atoms. The molecule has 9 nitrogen and oxygen atoms in total. The van der Waals surface area contributed by atoms with Crippen LogP contribution in [0.25, 0.3) is 0 Å². The summed E-state index contributed by atoms with van der Waals surface area (Å²) in [6, 6.07) is 5.17. The van der Waals surface area contributed by atoms with Crippen LogP contribution in [-0.2, 0) is 16.1 Å². The Kier molecular flexibility index (Phi) is 6.21. The number of amides is 2. The van der Waals surface area contributed by atoms with E-state index in [2.05, 4.69) is 12.6 Å². The Bertz CT molecular complexity index is 653. The second-order valence-electron chi connectivity index (χ2n) is 5.83. The molecule has 1 aromatic rings. The molecule has 1 aliphatic heterocycles. The lowest BCUT2D eigenvalue weighted by atomic mass is 10.1. The van der Waals surface area contributed by atoms with Crippen LogP contribution >= 0.6 is 12.6 Å². The van der Waals surface area contributed by atoms with Gasteiger partial charge in [-0.1, -0.05) is 0 Å². The number of hydrogen-bond acceptors (Lipinski definition) is 7. The van der Waals surface area contributed by atoms with Crippen LogP contribution in [0, 0.1) is 10.1 Å². The molecule has 0 aliphatic carbocycles. The number of thiol groups is 1. The van der Waals surface area contributed by atoms with Crippen molar-refractivity contribution in [3.63, 3.8) is 0 Å². The zero-order valence-electron chi connectivity index (χ0n) is 13.3. The van der Waals surface area contributed by atoms with Gasteiger partial charge in [0.2, 0.25) is 5.91 Å². The number of hydrogen-bond donors (Lipinski definition) is 3. The molecule has 0 saturated carbocycles. The maximum absolute atomic E-state index is 12.3. The number of rotatable bonds is 6. The fourth-order valence-corrected chi connectivity index (χ4v) is 3.16. The molecule has 136 valence electrons. The maximum Gasteiger partial charge on any atom is 0.410 e. The summed E-state index contributed by atoms with van der Waals surface area (Å²) < 4.78 is 5.20. The molecule has 3 atom stereocenters. The van der Waals surface area contributed by atoms with Gasteiger partial charge in [0, 0.05) is 29.8 Å². The van der Waals surface area contributed by atoms with E-state index in [0.29, 0.717) is 5.56 Å². The van der Waals surface area contributed by atoms with Gasteiger partial charge >= 0.3 is 6.09 Å². The summed E-state index contributed by atoms with van der Waals surface area (Å²) in [5.41, 5.74) is 5.69.